The summed E-state index contributed by atoms with van der Waals surface area (Å²) in [6, 6.07) is 5.41. The van der Waals surface area contributed by atoms with Crippen LogP contribution in [0.2, 0.25) is 0 Å². The fraction of sp³-hybridized carbons (Fsp3) is 0.385. The van der Waals surface area contributed by atoms with Gasteiger partial charge in [0, 0.05) is 26.1 Å². The van der Waals surface area contributed by atoms with Crippen LogP contribution in [0.25, 0.3) is 10.2 Å². The standard InChI is InChI=1S/C13H15N3O2S/c1-8(17)14-9-4-5-16(7-9)13-15-11-3-2-10(18)6-12(11)19-13/h2-3,6,9,18H,4-5,7H2,1H3,(H,14,17). The first-order chi connectivity index (χ1) is 9.11. The van der Waals surface area contributed by atoms with E-state index in [1.54, 1.807) is 30.4 Å². The summed E-state index contributed by atoms with van der Waals surface area (Å²) >= 11 is 1.57. The number of carbonyl (C=O) groups is 1. The van der Waals surface area contributed by atoms with Crippen molar-refractivity contribution in [1.29, 1.82) is 0 Å². The number of aromatic nitrogens is 1. The minimum Gasteiger partial charge on any atom is -0.508 e. The van der Waals surface area contributed by atoms with Crippen LogP contribution in [0.1, 0.15) is 13.3 Å². The van der Waals surface area contributed by atoms with Gasteiger partial charge in [0.25, 0.3) is 0 Å². The highest BCUT2D eigenvalue weighted by Crippen LogP contribution is 2.32. The van der Waals surface area contributed by atoms with Crippen LogP contribution in [0.5, 0.6) is 5.75 Å². The molecule has 0 saturated carbocycles. The van der Waals surface area contributed by atoms with Gasteiger partial charge >= 0.3 is 0 Å². The van der Waals surface area contributed by atoms with Crippen molar-refractivity contribution in [2.45, 2.75) is 19.4 Å². The summed E-state index contributed by atoms with van der Waals surface area (Å²) in [6.07, 6.45) is 0.945. The molecular weight excluding hydrogens is 262 g/mol. The Morgan fingerprint density at radius 1 is 1.58 bits per heavy atom. The van der Waals surface area contributed by atoms with E-state index in [9.17, 15) is 9.90 Å². The Labute approximate surface area is 114 Å². The van der Waals surface area contributed by atoms with Crippen molar-refractivity contribution in [3.63, 3.8) is 0 Å². The minimum atomic E-state index is 0.0149. The van der Waals surface area contributed by atoms with Gasteiger partial charge in [0.1, 0.15) is 5.75 Å². The van der Waals surface area contributed by atoms with Gasteiger partial charge in [-0.15, -0.1) is 0 Å². The number of benzene rings is 1. The summed E-state index contributed by atoms with van der Waals surface area (Å²) < 4.78 is 0.984. The van der Waals surface area contributed by atoms with E-state index in [1.807, 2.05) is 6.07 Å². The second kappa shape index (κ2) is 4.70. The second-order valence-corrected chi connectivity index (χ2v) is 5.79. The van der Waals surface area contributed by atoms with Gasteiger partial charge in [-0.05, 0) is 24.6 Å². The maximum absolute atomic E-state index is 11.1. The first-order valence-corrected chi connectivity index (χ1v) is 7.05. The van der Waals surface area contributed by atoms with Gasteiger partial charge in [0.2, 0.25) is 5.91 Å². The molecule has 1 aliphatic rings. The highest BCUT2D eigenvalue weighted by atomic mass is 32.1. The van der Waals surface area contributed by atoms with Crippen molar-refractivity contribution in [3.8, 4) is 5.75 Å². The van der Waals surface area contributed by atoms with Crippen LogP contribution in [-0.2, 0) is 4.79 Å². The van der Waals surface area contributed by atoms with Crippen molar-refractivity contribution in [2.24, 2.45) is 0 Å². The number of nitrogens with zero attached hydrogens (tertiary/aromatic N) is 2. The number of rotatable bonds is 2. The predicted octanol–water partition coefficient (Wildman–Crippen LogP) is 1.72. The molecule has 1 fully saturated rings. The highest BCUT2D eigenvalue weighted by molar-refractivity contribution is 7.22. The lowest BCUT2D eigenvalue weighted by atomic mass is 10.3. The predicted molar refractivity (Wildman–Crippen MR) is 75.7 cm³/mol. The summed E-state index contributed by atoms with van der Waals surface area (Å²) in [7, 11) is 0. The van der Waals surface area contributed by atoms with Gasteiger partial charge in [-0.3, -0.25) is 4.79 Å². The quantitative estimate of drug-likeness (QED) is 0.877. The molecule has 1 aromatic carbocycles. The topological polar surface area (TPSA) is 65.5 Å². The normalized spacial score (nSPS) is 19.0. The van der Waals surface area contributed by atoms with Crippen LogP contribution in [0.4, 0.5) is 5.13 Å². The largest absolute Gasteiger partial charge is 0.508 e. The van der Waals surface area contributed by atoms with E-state index in [4.69, 9.17) is 0 Å². The molecule has 1 unspecified atom stereocenters. The average molecular weight is 277 g/mol. The third kappa shape index (κ3) is 2.49. The smallest absolute Gasteiger partial charge is 0.217 e. The zero-order valence-corrected chi connectivity index (χ0v) is 11.4. The molecule has 0 aliphatic carbocycles. The molecular formula is C13H15N3O2S. The number of phenolic OH excluding ortho intramolecular Hbond substituents is 1. The van der Waals surface area contributed by atoms with Crippen LogP contribution in [0.15, 0.2) is 18.2 Å². The monoisotopic (exact) mass is 277 g/mol. The maximum atomic E-state index is 11.1. The summed E-state index contributed by atoms with van der Waals surface area (Å²) in [5.74, 6) is 0.279. The molecule has 2 N–H and O–H groups in total. The fourth-order valence-electron chi connectivity index (χ4n) is 2.38. The van der Waals surface area contributed by atoms with Gasteiger partial charge in [-0.1, -0.05) is 11.3 Å². The molecule has 1 saturated heterocycles. The number of aromatic hydroxyl groups is 1. The lowest BCUT2D eigenvalue weighted by molar-refractivity contribution is -0.119. The van der Waals surface area contributed by atoms with Crippen molar-refractivity contribution in [1.82, 2.24) is 10.3 Å². The number of phenols is 1. The third-order valence-electron chi connectivity index (χ3n) is 3.23. The van der Waals surface area contributed by atoms with Crippen LogP contribution in [-0.4, -0.2) is 35.1 Å². The number of carbonyl (C=O) groups excluding carboxylic acids is 1. The third-order valence-corrected chi connectivity index (χ3v) is 4.31. The Hall–Kier alpha value is -1.82. The minimum absolute atomic E-state index is 0.0149. The zero-order valence-electron chi connectivity index (χ0n) is 10.6. The number of nitrogens with one attached hydrogen (secondary N) is 1. The Bertz CT molecular complexity index is 625. The molecule has 1 aromatic heterocycles. The molecule has 5 nitrogen and oxygen atoms in total. The number of hydrogen-bond acceptors (Lipinski definition) is 5. The molecule has 100 valence electrons. The molecule has 2 aromatic rings. The lowest BCUT2D eigenvalue weighted by Gasteiger charge is -2.14. The molecule has 1 aliphatic heterocycles. The zero-order chi connectivity index (χ0) is 13.4. The SMILES string of the molecule is CC(=O)NC1CCN(c2nc3ccc(O)cc3s2)C1. The van der Waals surface area contributed by atoms with Gasteiger partial charge in [0.05, 0.1) is 10.2 Å². The number of fused-ring (bicyclic) bond motifs is 1. The summed E-state index contributed by atoms with van der Waals surface area (Å²) in [5.41, 5.74) is 0.903. The van der Waals surface area contributed by atoms with Crippen molar-refractivity contribution < 1.29 is 9.90 Å². The van der Waals surface area contributed by atoms with Gasteiger partial charge in [-0.2, -0.15) is 0 Å². The molecule has 1 atom stereocenters. The van der Waals surface area contributed by atoms with E-state index < -0.39 is 0 Å². The highest BCUT2D eigenvalue weighted by Gasteiger charge is 2.25. The number of amides is 1. The van der Waals surface area contributed by atoms with Crippen LogP contribution in [0.3, 0.4) is 0 Å². The molecule has 0 radical (unpaired) electrons. The van der Waals surface area contributed by atoms with E-state index in [0.29, 0.717) is 0 Å². The van der Waals surface area contributed by atoms with Crippen molar-refractivity contribution in [3.05, 3.63) is 18.2 Å². The van der Waals surface area contributed by atoms with Crippen molar-refractivity contribution >= 4 is 32.6 Å². The molecule has 2 heterocycles. The Morgan fingerprint density at radius 2 is 2.42 bits per heavy atom. The molecule has 0 bridgehead atoms. The number of anilines is 1. The Balaban J connectivity index is 1.79. The van der Waals surface area contributed by atoms with E-state index in [1.165, 1.54) is 0 Å². The van der Waals surface area contributed by atoms with E-state index in [-0.39, 0.29) is 17.7 Å². The van der Waals surface area contributed by atoms with E-state index >= 15 is 0 Å². The molecule has 6 heteroatoms. The molecule has 0 spiro atoms. The van der Waals surface area contributed by atoms with E-state index in [2.05, 4.69) is 15.2 Å². The molecule has 19 heavy (non-hydrogen) atoms. The first kappa shape index (κ1) is 12.2. The van der Waals surface area contributed by atoms with Gasteiger partial charge in [0.15, 0.2) is 5.13 Å². The summed E-state index contributed by atoms with van der Waals surface area (Å²) in [4.78, 5) is 17.8. The van der Waals surface area contributed by atoms with E-state index in [0.717, 1.165) is 34.9 Å². The van der Waals surface area contributed by atoms with Crippen LogP contribution in [0, 0.1) is 0 Å². The Morgan fingerprint density at radius 3 is 3.21 bits per heavy atom. The fourth-order valence-corrected chi connectivity index (χ4v) is 3.41. The van der Waals surface area contributed by atoms with Crippen LogP contribution >= 0.6 is 11.3 Å². The van der Waals surface area contributed by atoms with Crippen LogP contribution < -0.4 is 10.2 Å². The van der Waals surface area contributed by atoms with Gasteiger partial charge < -0.3 is 15.3 Å². The Kier molecular flexibility index (Phi) is 3.02. The number of thiazole rings is 1. The summed E-state index contributed by atoms with van der Waals surface area (Å²) in [6.45, 7) is 3.24. The average Bonchev–Trinajstić information content (AvgIpc) is 2.93. The number of hydrogen-bond donors (Lipinski definition) is 2. The second-order valence-electron chi connectivity index (χ2n) is 4.78. The molecule has 1 amide bonds. The van der Waals surface area contributed by atoms with Crippen molar-refractivity contribution in [2.75, 3.05) is 18.0 Å². The maximum Gasteiger partial charge on any atom is 0.217 e. The summed E-state index contributed by atoms with van der Waals surface area (Å²) in [5, 5.41) is 13.4. The first-order valence-electron chi connectivity index (χ1n) is 6.23. The molecule has 3 rings (SSSR count). The lowest BCUT2D eigenvalue weighted by Crippen LogP contribution is -2.35. The van der Waals surface area contributed by atoms with Gasteiger partial charge in [-0.25, -0.2) is 4.98 Å².